The number of hydrogen-bond acceptors (Lipinski definition) is 5. The molecule has 0 bridgehead atoms. The Balaban J connectivity index is 1.42. The van der Waals surface area contributed by atoms with Crippen molar-refractivity contribution >= 4 is 29.6 Å². The van der Waals surface area contributed by atoms with Crippen LogP contribution in [0.5, 0.6) is 5.75 Å². The van der Waals surface area contributed by atoms with E-state index in [1.807, 2.05) is 36.4 Å². The molecule has 1 aromatic heterocycles. The van der Waals surface area contributed by atoms with E-state index in [0.717, 1.165) is 11.1 Å². The molecule has 2 atom stereocenters. The maximum Gasteiger partial charge on any atom is 0.253 e. The smallest absolute Gasteiger partial charge is 0.253 e. The lowest BCUT2D eigenvalue weighted by Gasteiger charge is -2.15. The molecule has 8 heteroatoms. The number of benzene rings is 2. The van der Waals surface area contributed by atoms with Gasteiger partial charge in [-0.15, -0.1) is 0 Å². The normalized spacial score (nSPS) is 18.2. The summed E-state index contributed by atoms with van der Waals surface area (Å²) in [5, 5.41) is 7.18. The number of hydrazone groups is 1. The van der Waals surface area contributed by atoms with Crippen LogP contribution in [0.15, 0.2) is 70.2 Å². The number of amides is 2. The highest BCUT2D eigenvalue weighted by molar-refractivity contribution is 6.32. The van der Waals surface area contributed by atoms with Crippen molar-refractivity contribution in [2.75, 3.05) is 13.7 Å². The van der Waals surface area contributed by atoms with Gasteiger partial charge in [-0.25, -0.2) is 5.43 Å². The Kier molecular flexibility index (Phi) is 6.04. The third kappa shape index (κ3) is 4.46. The summed E-state index contributed by atoms with van der Waals surface area (Å²) < 4.78 is 10.9. The zero-order chi connectivity index (χ0) is 21.8. The van der Waals surface area contributed by atoms with Crippen LogP contribution < -0.4 is 15.5 Å². The van der Waals surface area contributed by atoms with Crippen LogP contribution in [0.2, 0.25) is 5.02 Å². The number of ether oxygens (including phenoxy) is 1. The average Bonchev–Trinajstić information content (AvgIpc) is 3.41. The van der Waals surface area contributed by atoms with Crippen LogP contribution in [0.25, 0.3) is 11.3 Å². The van der Waals surface area contributed by atoms with Crippen molar-refractivity contribution in [3.8, 4) is 17.1 Å². The van der Waals surface area contributed by atoms with Crippen molar-refractivity contribution in [2.45, 2.75) is 5.92 Å². The van der Waals surface area contributed by atoms with Crippen LogP contribution in [-0.2, 0) is 9.59 Å². The molecule has 7 nitrogen and oxygen atoms in total. The fourth-order valence-electron chi connectivity index (χ4n) is 3.56. The second kappa shape index (κ2) is 9.06. The van der Waals surface area contributed by atoms with E-state index >= 15 is 0 Å². The third-order valence-electron chi connectivity index (χ3n) is 5.12. The van der Waals surface area contributed by atoms with Crippen molar-refractivity contribution in [3.63, 3.8) is 0 Å². The van der Waals surface area contributed by atoms with Gasteiger partial charge in [0.05, 0.1) is 18.3 Å². The van der Waals surface area contributed by atoms with E-state index in [2.05, 4.69) is 15.8 Å². The second-order valence-corrected chi connectivity index (χ2v) is 7.43. The molecule has 0 spiro atoms. The quantitative estimate of drug-likeness (QED) is 0.350. The van der Waals surface area contributed by atoms with Crippen molar-refractivity contribution in [2.24, 2.45) is 11.0 Å². The molecule has 0 unspecified atom stereocenters. The molecule has 1 aliphatic heterocycles. The third-order valence-corrected chi connectivity index (χ3v) is 5.42. The topological polar surface area (TPSA) is 92.9 Å². The van der Waals surface area contributed by atoms with Gasteiger partial charge in [-0.3, -0.25) is 9.59 Å². The molecule has 1 fully saturated rings. The van der Waals surface area contributed by atoms with Gasteiger partial charge in [0.1, 0.15) is 23.2 Å². The highest BCUT2D eigenvalue weighted by atomic mass is 35.5. The van der Waals surface area contributed by atoms with Crippen LogP contribution in [0.1, 0.15) is 17.2 Å². The van der Waals surface area contributed by atoms with Crippen LogP contribution in [0.3, 0.4) is 0 Å². The van der Waals surface area contributed by atoms with Gasteiger partial charge in [0.15, 0.2) is 0 Å². The van der Waals surface area contributed by atoms with Gasteiger partial charge in [0.2, 0.25) is 5.91 Å². The van der Waals surface area contributed by atoms with E-state index in [-0.39, 0.29) is 11.8 Å². The number of furan rings is 1. The summed E-state index contributed by atoms with van der Waals surface area (Å²) in [6.07, 6.45) is 1.39. The highest BCUT2D eigenvalue weighted by Gasteiger charge is 2.40. The van der Waals surface area contributed by atoms with Gasteiger partial charge < -0.3 is 14.5 Å². The van der Waals surface area contributed by atoms with Crippen LogP contribution in [0, 0.1) is 5.92 Å². The fourth-order valence-corrected chi connectivity index (χ4v) is 3.82. The van der Waals surface area contributed by atoms with Crippen molar-refractivity contribution < 1.29 is 18.7 Å². The molecule has 1 aliphatic rings. The molecule has 158 valence electrons. The molecule has 2 N–H and O–H groups in total. The summed E-state index contributed by atoms with van der Waals surface area (Å²) in [4.78, 5) is 24.8. The van der Waals surface area contributed by atoms with E-state index in [1.54, 1.807) is 31.4 Å². The SMILES string of the molecule is COc1ccc(-c2ccc(/C=N/NC(=O)[C@H]3C(=O)NC[C@@H]3c3ccccc3)o2)cc1Cl. The first-order chi connectivity index (χ1) is 15.1. The molecule has 2 aromatic carbocycles. The summed E-state index contributed by atoms with van der Waals surface area (Å²) in [5.41, 5.74) is 4.16. The molecular formula is C23H20ClN3O4. The number of hydrogen-bond donors (Lipinski definition) is 2. The van der Waals surface area contributed by atoms with E-state index < -0.39 is 11.8 Å². The minimum atomic E-state index is -0.840. The molecule has 1 saturated heterocycles. The van der Waals surface area contributed by atoms with Crippen molar-refractivity contribution in [3.05, 3.63) is 77.0 Å². The minimum absolute atomic E-state index is 0.237. The largest absolute Gasteiger partial charge is 0.495 e. The van der Waals surface area contributed by atoms with Gasteiger partial charge in [0, 0.05) is 18.0 Å². The zero-order valence-corrected chi connectivity index (χ0v) is 17.4. The first-order valence-corrected chi connectivity index (χ1v) is 10.0. The summed E-state index contributed by atoms with van der Waals surface area (Å²) in [6, 6.07) is 18.3. The number of carbonyl (C=O) groups excluding carboxylic acids is 2. The lowest BCUT2D eigenvalue weighted by Crippen LogP contribution is -2.34. The van der Waals surface area contributed by atoms with Gasteiger partial charge in [-0.1, -0.05) is 41.9 Å². The summed E-state index contributed by atoms with van der Waals surface area (Å²) in [7, 11) is 1.55. The number of carbonyl (C=O) groups is 2. The van der Waals surface area contributed by atoms with E-state index in [9.17, 15) is 9.59 Å². The second-order valence-electron chi connectivity index (χ2n) is 7.03. The number of nitrogens with zero attached hydrogens (tertiary/aromatic N) is 1. The maximum absolute atomic E-state index is 12.6. The Morgan fingerprint density at radius 2 is 2.03 bits per heavy atom. The van der Waals surface area contributed by atoms with Crippen LogP contribution >= 0.6 is 11.6 Å². The fraction of sp³-hybridized carbons (Fsp3) is 0.174. The molecule has 4 rings (SSSR count). The number of methoxy groups -OCH3 is 1. The van der Waals surface area contributed by atoms with Crippen molar-refractivity contribution in [1.29, 1.82) is 0 Å². The number of halogens is 1. The van der Waals surface area contributed by atoms with E-state index in [0.29, 0.717) is 28.8 Å². The van der Waals surface area contributed by atoms with Gasteiger partial charge >= 0.3 is 0 Å². The predicted molar refractivity (Wildman–Crippen MR) is 117 cm³/mol. The predicted octanol–water partition coefficient (Wildman–Crippen LogP) is 3.59. The average molecular weight is 438 g/mol. The lowest BCUT2D eigenvalue weighted by molar-refractivity contribution is -0.133. The maximum atomic E-state index is 12.6. The Hall–Kier alpha value is -3.58. The zero-order valence-electron chi connectivity index (χ0n) is 16.7. The minimum Gasteiger partial charge on any atom is -0.495 e. The summed E-state index contributed by atoms with van der Waals surface area (Å²) in [5.74, 6) is -0.236. The Morgan fingerprint density at radius 1 is 1.23 bits per heavy atom. The molecule has 31 heavy (non-hydrogen) atoms. The summed E-state index contributed by atoms with van der Waals surface area (Å²) >= 11 is 6.16. The molecular weight excluding hydrogens is 418 g/mol. The number of rotatable bonds is 6. The number of nitrogens with one attached hydrogen (secondary N) is 2. The molecule has 3 aromatic rings. The Labute approximate surface area is 184 Å². The van der Waals surface area contributed by atoms with Gasteiger partial charge in [-0.2, -0.15) is 5.10 Å². The monoisotopic (exact) mass is 437 g/mol. The van der Waals surface area contributed by atoms with E-state index in [4.69, 9.17) is 20.8 Å². The Bertz CT molecular complexity index is 1130. The molecule has 0 aliphatic carbocycles. The van der Waals surface area contributed by atoms with Crippen LogP contribution in [-0.4, -0.2) is 31.7 Å². The lowest BCUT2D eigenvalue weighted by atomic mass is 9.88. The standard InChI is InChI=1S/C23H20ClN3O4/c1-30-20-9-7-15(11-18(20)24)19-10-8-16(31-19)12-26-27-23(29)21-17(13-25-22(21)28)14-5-3-2-4-6-14/h2-12,17,21H,13H2,1H3,(H,25,28)(H,27,29)/b26-12+/t17-,21-/m1/s1. The summed E-state index contributed by atoms with van der Waals surface area (Å²) in [6.45, 7) is 0.413. The first-order valence-electron chi connectivity index (χ1n) is 9.66. The highest BCUT2D eigenvalue weighted by Crippen LogP contribution is 2.31. The Morgan fingerprint density at radius 3 is 2.77 bits per heavy atom. The van der Waals surface area contributed by atoms with Crippen LogP contribution in [0.4, 0.5) is 0 Å². The van der Waals surface area contributed by atoms with Gasteiger partial charge in [0.25, 0.3) is 5.91 Å². The molecule has 2 amide bonds. The van der Waals surface area contributed by atoms with Gasteiger partial charge in [-0.05, 0) is 35.9 Å². The molecule has 0 radical (unpaired) electrons. The van der Waals surface area contributed by atoms with Crippen molar-refractivity contribution in [1.82, 2.24) is 10.7 Å². The molecule has 2 heterocycles. The first kappa shape index (κ1) is 20.7. The van der Waals surface area contributed by atoms with E-state index in [1.165, 1.54) is 6.21 Å². The molecule has 0 saturated carbocycles.